The van der Waals surface area contributed by atoms with Gasteiger partial charge in [-0.3, -0.25) is 4.98 Å². The molecule has 4 aromatic rings. The summed E-state index contributed by atoms with van der Waals surface area (Å²) in [5, 5.41) is 9.73. The van der Waals surface area contributed by atoms with Crippen molar-refractivity contribution < 1.29 is 4.74 Å². The molecule has 2 aliphatic heterocycles. The van der Waals surface area contributed by atoms with Gasteiger partial charge in [0.25, 0.3) is 0 Å². The number of benzene rings is 3. The van der Waals surface area contributed by atoms with E-state index in [0.29, 0.717) is 0 Å². The van der Waals surface area contributed by atoms with Crippen molar-refractivity contribution in [1.29, 1.82) is 0 Å². The number of para-hydroxylation sites is 1. The number of hydrogen-bond acceptors (Lipinski definition) is 4. The lowest BCUT2D eigenvalue weighted by atomic mass is 9.92. The molecule has 0 spiro atoms. The minimum absolute atomic E-state index is 0.134. The second-order valence-corrected chi connectivity index (χ2v) is 8.03. The van der Waals surface area contributed by atoms with Gasteiger partial charge in [0.1, 0.15) is 5.75 Å². The molecule has 4 heteroatoms. The quantitative estimate of drug-likeness (QED) is 0.443. The minimum atomic E-state index is -0.694. The summed E-state index contributed by atoms with van der Waals surface area (Å²) in [6.45, 7) is 2.10. The number of pyridine rings is 1. The van der Waals surface area contributed by atoms with Gasteiger partial charge in [0.05, 0.1) is 11.8 Å². The molecule has 2 aliphatic rings. The SMILES string of the molecule is C[C@]1(c2ccncc2)Oc2ccccc2[C@@H]2CC(c3ccc4ccccc4c3)=NN21. The van der Waals surface area contributed by atoms with Crippen LogP contribution in [0.5, 0.6) is 5.75 Å². The highest BCUT2D eigenvalue weighted by molar-refractivity contribution is 6.04. The Kier molecular flexibility index (Phi) is 3.69. The molecule has 0 bridgehead atoms. The summed E-state index contributed by atoms with van der Waals surface area (Å²) in [7, 11) is 0. The number of rotatable bonds is 2. The number of hydrazone groups is 1. The smallest absolute Gasteiger partial charge is 0.221 e. The molecular weight excluding hydrogens is 370 g/mol. The van der Waals surface area contributed by atoms with E-state index in [1.165, 1.54) is 16.3 Å². The molecule has 4 nitrogen and oxygen atoms in total. The second-order valence-electron chi connectivity index (χ2n) is 8.03. The van der Waals surface area contributed by atoms with Crippen LogP contribution in [0, 0.1) is 0 Å². The monoisotopic (exact) mass is 391 g/mol. The lowest BCUT2D eigenvalue weighted by molar-refractivity contribution is -0.112. The van der Waals surface area contributed by atoms with E-state index in [4.69, 9.17) is 9.84 Å². The van der Waals surface area contributed by atoms with Crippen LogP contribution in [-0.4, -0.2) is 15.7 Å². The van der Waals surface area contributed by atoms with Crippen molar-refractivity contribution in [3.8, 4) is 5.75 Å². The zero-order valence-electron chi connectivity index (χ0n) is 16.7. The van der Waals surface area contributed by atoms with Gasteiger partial charge >= 0.3 is 0 Å². The molecule has 0 amide bonds. The van der Waals surface area contributed by atoms with E-state index in [9.17, 15) is 0 Å². The third-order valence-electron chi connectivity index (χ3n) is 6.23. The van der Waals surface area contributed by atoms with E-state index in [2.05, 4.69) is 77.6 Å². The van der Waals surface area contributed by atoms with Gasteiger partial charge in [-0.2, -0.15) is 5.10 Å². The number of nitrogens with zero attached hydrogens (tertiary/aromatic N) is 3. The first-order valence-corrected chi connectivity index (χ1v) is 10.3. The van der Waals surface area contributed by atoms with Gasteiger partial charge in [-0.25, -0.2) is 5.01 Å². The standard InChI is InChI=1S/C26H21N3O/c1-26(21-12-14-27-15-13-21)29-24(22-8-4-5-9-25(22)30-26)17-23(28-29)20-11-10-18-6-2-3-7-19(18)16-20/h2-16,24H,17H2,1H3/t24-,26+/m0/s1. The number of hydrogen-bond donors (Lipinski definition) is 0. The fourth-order valence-corrected chi connectivity index (χ4v) is 4.65. The van der Waals surface area contributed by atoms with E-state index in [1.54, 1.807) is 0 Å². The van der Waals surface area contributed by atoms with E-state index in [1.807, 2.05) is 30.6 Å². The van der Waals surface area contributed by atoms with E-state index in [0.717, 1.165) is 29.0 Å². The minimum Gasteiger partial charge on any atom is -0.462 e. The van der Waals surface area contributed by atoms with Gasteiger partial charge in [-0.15, -0.1) is 0 Å². The zero-order valence-corrected chi connectivity index (χ0v) is 16.7. The third kappa shape index (κ3) is 2.53. The number of ether oxygens (including phenoxy) is 1. The number of fused-ring (bicyclic) bond motifs is 4. The maximum Gasteiger partial charge on any atom is 0.221 e. The summed E-state index contributed by atoms with van der Waals surface area (Å²) >= 11 is 0. The Labute approximate surface area is 175 Å². The van der Waals surface area contributed by atoms with Crippen LogP contribution in [-0.2, 0) is 5.72 Å². The average molecular weight is 391 g/mol. The molecule has 0 radical (unpaired) electrons. The van der Waals surface area contributed by atoms with E-state index in [-0.39, 0.29) is 6.04 Å². The predicted octanol–water partition coefficient (Wildman–Crippen LogP) is 5.65. The highest BCUT2D eigenvalue weighted by Crippen LogP contribution is 2.50. The van der Waals surface area contributed by atoms with Gasteiger partial charge in [-0.1, -0.05) is 54.6 Å². The Morgan fingerprint density at radius 2 is 1.67 bits per heavy atom. The molecule has 2 atom stereocenters. The van der Waals surface area contributed by atoms with Crippen LogP contribution in [0.3, 0.4) is 0 Å². The molecule has 6 rings (SSSR count). The maximum atomic E-state index is 6.56. The van der Waals surface area contributed by atoms with Crippen LogP contribution in [0.1, 0.15) is 36.1 Å². The molecule has 0 unspecified atom stereocenters. The second kappa shape index (κ2) is 6.42. The third-order valence-corrected chi connectivity index (χ3v) is 6.23. The van der Waals surface area contributed by atoms with Gasteiger partial charge in [-0.05, 0) is 40.6 Å². The van der Waals surface area contributed by atoms with Crippen molar-refractivity contribution in [2.45, 2.75) is 25.1 Å². The van der Waals surface area contributed by atoms with Crippen LogP contribution in [0.25, 0.3) is 10.8 Å². The molecule has 3 aromatic carbocycles. The molecule has 1 aromatic heterocycles. The van der Waals surface area contributed by atoms with Crippen molar-refractivity contribution >= 4 is 16.5 Å². The molecule has 0 aliphatic carbocycles. The molecule has 0 N–H and O–H groups in total. The van der Waals surface area contributed by atoms with Crippen LogP contribution in [0.2, 0.25) is 0 Å². The van der Waals surface area contributed by atoms with Crippen molar-refractivity contribution in [3.05, 3.63) is 108 Å². The molecule has 146 valence electrons. The van der Waals surface area contributed by atoms with Crippen molar-refractivity contribution in [2.75, 3.05) is 0 Å². The predicted molar refractivity (Wildman–Crippen MR) is 118 cm³/mol. The topological polar surface area (TPSA) is 37.7 Å². The van der Waals surface area contributed by atoms with E-state index >= 15 is 0 Å². The summed E-state index contributed by atoms with van der Waals surface area (Å²) in [5.74, 6) is 0.924. The largest absolute Gasteiger partial charge is 0.462 e. The molecular formula is C26H21N3O. The lowest BCUT2D eigenvalue weighted by Gasteiger charge is -2.45. The molecule has 30 heavy (non-hydrogen) atoms. The first-order chi connectivity index (χ1) is 14.7. The summed E-state index contributed by atoms with van der Waals surface area (Å²) in [6, 6.07) is 27.5. The van der Waals surface area contributed by atoms with Gasteiger partial charge in [0, 0.05) is 36.9 Å². The molecule has 0 saturated carbocycles. The number of aromatic nitrogens is 1. The lowest BCUT2D eigenvalue weighted by Crippen LogP contribution is -2.48. The fourth-order valence-electron chi connectivity index (χ4n) is 4.65. The molecule has 0 fully saturated rings. The summed E-state index contributed by atoms with van der Waals surface area (Å²) < 4.78 is 6.56. The Morgan fingerprint density at radius 3 is 2.53 bits per heavy atom. The van der Waals surface area contributed by atoms with Crippen LogP contribution < -0.4 is 4.74 Å². The highest BCUT2D eigenvalue weighted by Gasteiger charge is 2.48. The highest BCUT2D eigenvalue weighted by atomic mass is 16.5. The molecule has 3 heterocycles. The Hall–Kier alpha value is -3.66. The summed E-state index contributed by atoms with van der Waals surface area (Å²) in [6.07, 6.45) is 4.46. The first-order valence-electron chi connectivity index (χ1n) is 10.3. The van der Waals surface area contributed by atoms with Crippen LogP contribution in [0.15, 0.2) is 96.4 Å². The summed E-state index contributed by atoms with van der Waals surface area (Å²) in [4.78, 5) is 4.18. The van der Waals surface area contributed by atoms with Gasteiger partial charge in [0.2, 0.25) is 5.72 Å². The van der Waals surface area contributed by atoms with Crippen molar-refractivity contribution in [2.24, 2.45) is 5.10 Å². The maximum absolute atomic E-state index is 6.56. The van der Waals surface area contributed by atoms with Crippen LogP contribution >= 0.6 is 0 Å². The molecule has 0 saturated heterocycles. The first kappa shape index (κ1) is 17.2. The van der Waals surface area contributed by atoms with Crippen molar-refractivity contribution in [3.63, 3.8) is 0 Å². The van der Waals surface area contributed by atoms with Crippen molar-refractivity contribution in [1.82, 2.24) is 9.99 Å². The fraction of sp³-hybridized carbons (Fsp3) is 0.154. The van der Waals surface area contributed by atoms with Gasteiger partial charge < -0.3 is 4.74 Å². The summed E-state index contributed by atoms with van der Waals surface area (Å²) in [5.41, 5.74) is 3.79. The normalized spacial score (nSPS) is 22.2. The van der Waals surface area contributed by atoms with Crippen LogP contribution in [0.4, 0.5) is 0 Å². The Morgan fingerprint density at radius 1 is 0.900 bits per heavy atom. The Balaban J connectivity index is 1.49. The zero-order chi connectivity index (χ0) is 20.1. The Bertz CT molecular complexity index is 1280. The average Bonchev–Trinajstić information content (AvgIpc) is 3.26. The van der Waals surface area contributed by atoms with E-state index < -0.39 is 5.72 Å². The van der Waals surface area contributed by atoms with Gasteiger partial charge in [0.15, 0.2) is 0 Å².